The van der Waals surface area contributed by atoms with Crippen LogP contribution in [0.3, 0.4) is 0 Å². The SMILES string of the molecule is CN=C(NCCc1cccc(C(=O)NC)c1)NCCN1CCS(=O)(=O)CC1.I. The van der Waals surface area contributed by atoms with E-state index in [1.165, 1.54) is 0 Å². The van der Waals surface area contributed by atoms with Crippen LogP contribution in [-0.4, -0.2) is 83.5 Å². The number of aliphatic imine (C=N–C) groups is 1. The summed E-state index contributed by atoms with van der Waals surface area (Å²) in [5, 5.41) is 9.13. The van der Waals surface area contributed by atoms with Gasteiger partial charge in [-0.15, -0.1) is 24.0 Å². The lowest BCUT2D eigenvalue weighted by molar-refractivity contribution is 0.0963. The van der Waals surface area contributed by atoms with Crippen LogP contribution in [0.15, 0.2) is 29.3 Å². The third-order valence-electron chi connectivity index (χ3n) is 4.50. The lowest BCUT2D eigenvalue weighted by atomic mass is 10.1. The summed E-state index contributed by atoms with van der Waals surface area (Å²) in [6, 6.07) is 7.56. The van der Waals surface area contributed by atoms with Crippen molar-refractivity contribution < 1.29 is 13.2 Å². The van der Waals surface area contributed by atoms with E-state index >= 15 is 0 Å². The molecule has 1 saturated heterocycles. The maximum absolute atomic E-state index is 11.7. The molecule has 0 atom stereocenters. The van der Waals surface area contributed by atoms with Crippen molar-refractivity contribution >= 4 is 45.7 Å². The first-order valence-electron chi connectivity index (χ1n) is 9.12. The molecule has 10 heteroatoms. The van der Waals surface area contributed by atoms with Gasteiger partial charge in [0.05, 0.1) is 11.5 Å². The third kappa shape index (κ3) is 8.31. The van der Waals surface area contributed by atoms with E-state index in [9.17, 15) is 13.2 Å². The Morgan fingerprint density at radius 2 is 1.86 bits per heavy atom. The van der Waals surface area contributed by atoms with Crippen LogP contribution in [-0.2, 0) is 16.3 Å². The number of sulfone groups is 1. The van der Waals surface area contributed by atoms with E-state index in [-0.39, 0.29) is 41.4 Å². The van der Waals surface area contributed by atoms with Crippen LogP contribution >= 0.6 is 24.0 Å². The molecule has 1 aliphatic heterocycles. The second-order valence-corrected chi connectivity index (χ2v) is 8.75. The highest BCUT2D eigenvalue weighted by molar-refractivity contribution is 14.0. The van der Waals surface area contributed by atoms with Crippen LogP contribution in [0.1, 0.15) is 15.9 Å². The monoisotopic (exact) mass is 523 g/mol. The molecule has 8 nitrogen and oxygen atoms in total. The van der Waals surface area contributed by atoms with E-state index in [1.807, 2.05) is 18.2 Å². The lowest BCUT2D eigenvalue weighted by Crippen LogP contribution is -2.46. The quantitative estimate of drug-likeness (QED) is 0.266. The predicted molar refractivity (Wildman–Crippen MR) is 123 cm³/mol. The zero-order chi connectivity index (χ0) is 19.7. The molecular formula is C18H30IN5O3S. The minimum Gasteiger partial charge on any atom is -0.356 e. The Labute approximate surface area is 184 Å². The summed E-state index contributed by atoms with van der Waals surface area (Å²) in [6.07, 6.45) is 0.773. The highest BCUT2D eigenvalue weighted by atomic mass is 127. The Kier molecular flexibility index (Phi) is 10.8. The second-order valence-electron chi connectivity index (χ2n) is 6.45. The molecule has 1 amide bonds. The van der Waals surface area contributed by atoms with E-state index in [2.05, 4.69) is 25.8 Å². The lowest BCUT2D eigenvalue weighted by Gasteiger charge is -2.26. The third-order valence-corrected chi connectivity index (χ3v) is 6.11. The van der Waals surface area contributed by atoms with Crippen LogP contribution in [0.2, 0.25) is 0 Å². The number of nitrogens with one attached hydrogen (secondary N) is 3. The number of hydrogen-bond acceptors (Lipinski definition) is 5. The standard InChI is InChI=1S/C18H29N5O3S.HI/c1-19-17(24)16-5-3-4-15(14-16)6-7-21-18(20-2)22-8-9-23-10-12-27(25,26)13-11-23;/h3-5,14H,6-13H2,1-2H3,(H,19,24)(H2,20,21,22);1H. The summed E-state index contributed by atoms with van der Waals surface area (Å²) in [5.41, 5.74) is 1.73. The molecule has 28 heavy (non-hydrogen) atoms. The van der Waals surface area contributed by atoms with Gasteiger partial charge in [0.15, 0.2) is 15.8 Å². The van der Waals surface area contributed by atoms with Crippen molar-refractivity contribution in [1.82, 2.24) is 20.9 Å². The Balaban J connectivity index is 0.00000392. The van der Waals surface area contributed by atoms with Crippen LogP contribution in [0, 0.1) is 0 Å². The van der Waals surface area contributed by atoms with Gasteiger partial charge in [-0.05, 0) is 24.1 Å². The molecule has 2 rings (SSSR count). The fourth-order valence-corrected chi connectivity index (χ4v) is 4.14. The molecule has 1 aromatic rings. The van der Waals surface area contributed by atoms with Crippen molar-refractivity contribution in [1.29, 1.82) is 0 Å². The van der Waals surface area contributed by atoms with E-state index in [0.717, 1.165) is 18.5 Å². The molecule has 0 spiro atoms. The second kappa shape index (κ2) is 12.2. The number of amides is 1. The Morgan fingerprint density at radius 1 is 1.18 bits per heavy atom. The zero-order valence-corrected chi connectivity index (χ0v) is 19.5. The molecule has 0 radical (unpaired) electrons. The number of benzene rings is 1. The van der Waals surface area contributed by atoms with E-state index < -0.39 is 9.84 Å². The Bertz CT molecular complexity index is 756. The molecule has 0 bridgehead atoms. The van der Waals surface area contributed by atoms with Crippen LogP contribution in [0.4, 0.5) is 0 Å². The van der Waals surface area contributed by atoms with Gasteiger partial charge in [0.25, 0.3) is 5.91 Å². The Morgan fingerprint density at radius 3 is 2.50 bits per heavy atom. The fourth-order valence-electron chi connectivity index (χ4n) is 2.86. The number of carbonyl (C=O) groups is 1. The average Bonchev–Trinajstić information content (AvgIpc) is 2.67. The van der Waals surface area contributed by atoms with Crippen molar-refractivity contribution in [2.75, 3.05) is 58.3 Å². The summed E-state index contributed by atoms with van der Waals surface area (Å²) in [4.78, 5) is 18.0. The molecule has 1 heterocycles. The van der Waals surface area contributed by atoms with Crippen LogP contribution in [0.25, 0.3) is 0 Å². The van der Waals surface area contributed by atoms with Gasteiger partial charge in [0.2, 0.25) is 0 Å². The number of guanidine groups is 1. The summed E-state index contributed by atoms with van der Waals surface area (Å²) >= 11 is 0. The summed E-state index contributed by atoms with van der Waals surface area (Å²) < 4.78 is 22.9. The van der Waals surface area contributed by atoms with E-state index in [1.54, 1.807) is 20.2 Å². The number of carbonyl (C=O) groups excluding carboxylic acids is 1. The molecule has 1 aliphatic rings. The van der Waals surface area contributed by atoms with Gasteiger partial charge < -0.3 is 16.0 Å². The summed E-state index contributed by atoms with van der Waals surface area (Å²) in [6.45, 7) is 3.37. The maximum Gasteiger partial charge on any atom is 0.251 e. The topological polar surface area (TPSA) is 103 Å². The minimum atomic E-state index is -2.83. The predicted octanol–water partition coefficient (Wildman–Crippen LogP) is 0.102. The van der Waals surface area contributed by atoms with Crippen LogP contribution < -0.4 is 16.0 Å². The van der Waals surface area contributed by atoms with Gasteiger partial charge in [0.1, 0.15) is 0 Å². The molecule has 0 saturated carbocycles. The number of halogens is 1. The first kappa shape index (κ1) is 24.6. The molecule has 0 unspecified atom stereocenters. The number of rotatable bonds is 7. The van der Waals surface area contributed by atoms with Gasteiger partial charge in [-0.1, -0.05) is 12.1 Å². The molecular weight excluding hydrogens is 493 g/mol. The van der Waals surface area contributed by atoms with Gasteiger partial charge >= 0.3 is 0 Å². The fraction of sp³-hybridized carbons (Fsp3) is 0.556. The Hall–Kier alpha value is -1.40. The number of nitrogens with zero attached hydrogens (tertiary/aromatic N) is 2. The molecule has 158 valence electrons. The summed E-state index contributed by atoms with van der Waals surface area (Å²) in [7, 11) is 0.504. The molecule has 3 N–H and O–H groups in total. The molecule has 0 aromatic heterocycles. The van der Waals surface area contributed by atoms with E-state index in [4.69, 9.17) is 0 Å². The molecule has 0 aliphatic carbocycles. The summed E-state index contributed by atoms with van der Waals surface area (Å²) in [5.74, 6) is 1.11. The smallest absolute Gasteiger partial charge is 0.251 e. The van der Waals surface area contributed by atoms with Crippen molar-refractivity contribution in [3.05, 3.63) is 35.4 Å². The molecule has 1 aromatic carbocycles. The number of hydrogen-bond donors (Lipinski definition) is 3. The molecule has 1 fully saturated rings. The first-order chi connectivity index (χ1) is 12.9. The van der Waals surface area contributed by atoms with Crippen LogP contribution in [0.5, 0.6) is 0 Å². The average molecular weight is 523 g/mol. The van der Waals surface area contributed by atoms with Crippen molar-refractivity contribution in [3.8, 4) is 0 Å². The van der Waals surface area contributed by atoms with E-state index in [0.29, 0.717) is 37.7 Å². The van der Waals surface area contributed by atoms with Crippen molar-refractivity contribution in [3.63, 3.8) is 0 Å². The normalized spacial score (nSPS) is 16.7. The minimum absolute atomic E-state index is 0. The largest absolute Gasteiger partial charge is 0.356 e. The van der Waals surface area contributed by atoms with Crippen molar-refractivity contribution in [2.24, 2.45) is 4.99 Å². The van der Waals surface area contributed by atoms with Crippen molar-refractivity contribution in [2.45, 2.75) is 6.42 Å². The van der Waals surface area contributed by atoms with Gasteiger partial charge in [-0.25, -0.2) is 8.42 Å². The van der Waals surface area contributed by atoms with Gasteiger partial charge in [0, 0.05) is 52.4 Å². The first-order valence-corrected chi connectivity index (χ1v) is 10.9. The van der Waals surface area contributed by atoms with Gasteiger partial charge in [-0.3, -0.25) is 14.7 Å². The maximum atomic E-state index is 11.7. The highest BCUT2D eigenvalue weighted by Crippen LogP contribution is 2.06. The highest BCUT2D eigenvalue weighted by Gasteiger charge is 2.20. The zero-order valence-electron chi connectivity index (χ0n) is 16.4. The van der Waals surface area contributed by atoms with Gasteiger partial charge in [-0.2, -0.15) is 0 Å².